The minimum atomic E-state index is -0.117. The highest BCUT2D eigenvalue weighted by molar-refractivity contribution is 5.72. The Labute approximate surface area is 266 Å². The van der Waals surface area contributed by atoms with E-state index in [1.165, 1.54) is 25.7 Å². The molecule has 2 fully saturated rings. The average molecular weight is 611 g/mol. The van der Waals surface area contributed by atoms with Gasteiger partial charge in [-0.25, -0.2) is 0 Å². The Morgan fingerprint density at radius 3 is 1.14 bits per heavy atom. The number of methoxy groups -OCH3 is 1. The van der Waals surface area contributed by atoms with Crippen molar-refractivity contribution in [3.63, 3.8) is 0 Å². The molecule has 0 amide bonds. The Morgan fingerprint density at radius 2 is 0.881 bits per heavy atom. The molecule has 0 spiro atoms. The van der Waals surface area contributed by atoms with E-state index in [9.17, 15) is 9.59 Å². The second kappa shape index (κ2) is 28.6. The molecule has 0 bridgehead atoms. The Balaban J connectivity index is -0.000000100. The predicted molar refractivity (Wildman–Crippen MR) is 187 cm³/mol. The number of rotatable bonds is 9. The zero-order valence-electron chi connectivity index (χ0n) is 23.7. The maximum Gasteiger partial charge on any atom is 0.309 e. The fourth-order valence-electron chi connectivity index (χ4n) is 5.54. The highest BCUT2D eigenvalue weighted by Crippen LogP contribution is 2.37. The molecular weight excluding hydrogens is 528 g/mol. The van der Waals surface area contributed by atoms with Gasteiger partial charge in [0.2, 0.25) is 0 Å². The van der Waals surface area contributed by atoms with E-state index >= 15 is 0 Å². The van der Waals surface area contributed by atoms with Gasteiger partial charge in [-0.3, -0.25) is 9.59 Å². The molecule has 2 rings (SSSR count). The number of hydrogen-bond acceptors (Lipinski definition) is 6. The number of ether oxygens (including phenoxy) is 3. The number of esters is 2. The first kappa shape index (κ1) is 56.6. The van der Waals surface area contributed by atoms with E-state index < -0.39 is 0 Å². The lowest BCUT2D eigenvalue weighted by molar-refractivity contribution is -0.152. The van der Waals surface area contributed by atoms with Crippen LogP contribution >= 0.6 is 0 Å². The quantitative estimate of drug-likeness (QED) is 0.206. The summed E-state index contributed by atoms with van der Waals surface area (Å²) in [5.41, 5.74) is 0.783. The normalized spacial score (nSPS) is 21.0. The van der Waals surface area contributed by atoms with Crippen LogP contribution in [0.3, 0.4) is 0 Å². The van der Waals surface area contributed by atoms with Crippen molar-refractivity contribution < 1.29 is 28.9 Å². The van der Waals surface area contributed by atoms with Gasteiger partial charge in [0.25, 0.3) is 0 Å². The lowest BCUT2D eigenvalue weighted by Crippen LogP contribution is -2.26. The first-order valence-corrected chi connectivity index (χ1v) is 13.8. The summed E-state index contributed by atoms with van der Waals surface area (Å²) in [7, 11) is 1.62. The van der Waals surface area contributed by atoms with Crippen molar-refractivity contribution in [1.29, 1.82) is 0 Å². The number of aliphatic hydroxyl groups excluding tert-OH is 1. The topological polar surface area (TPSA) is 82.1 Å². The van der Waals surface area contributed by atoms with Crippen LogP contribution in [0.4, 0.5) is 0 Å². The zero-order chi connectivity index (χ0) is 26.5. The van der Waals surface area contributed by atoms with Gasteiger partial charge in [-0.1, -0.05) is 93.5 Å². The van der Waals surface area contributed by atoms with Crippen molar-refractivity contribution in [3.05, 3.63) is 0 Å². The summed E-state index contributed by atoms with van der Waals surface area (Å²) in [6, 6.07) is 0. The van der Waals surface area contributed by atoms with Gasteiger partial charge >= 0.3 is 11.9 Å². The SMILES string of the molecule is C.C.C.C.C.C.C.CC(C)(C)CC1CCC(C(=O)OCCO)CC1.COCCOC(=O)C1CCC(CC(C)(C)C)CC1. The van der Waals surface area contributed by atoms with Crippen LogP contribution in [0.15, 0.2) is 0 Å². The van der Waals surface area contributed by atoms with Gasteiger partial charge in [-0.15, -0.1) is 0 Å². The van der Waals surface area contributed by atoms with Crippen molar-refractivity contribution in [2.45, 2.75) is 158 Å². The van der Waals surface area contributed by atoms with Crippen LogP contribution in [-0.4, -0.2) is 50.6 Å². The highest BCUT2D eigenvalue weighted by atomic mass is 16.6. The van der Waals surface area contributed by atoms with Gasteiger partial charge < -0.3 is 19.3 Å². The van der Waals surface area contributed by atoms with Crippen molar-refractivity contribution >= 4 is 11.9 Å². The van der Waals surface area contributed by atoms with E-state index in [-0.39, 0.29) is 89.0 Å². The average Bonchev–Trinajstić information content (AvgIpc) is 2.77. The Hall–Kier alpha value is -1.14. The van der Waals surface area contributed by atoms with Gasteiger partial charge in [-0.05, 0) is 86.9 Å². The standard InChI is InChI=1S/C15H28O3.C14H26O3.7CH4/c1-15(2,3)11-12-5-7-13(8-6-12)14(16)18-10-9-17-4;1-14(2,3)10-11-4-6-12(7-5-11)13(16)17-9-8-15;;;;;;;/h12-13H,5-11H2,1-4H3;11-12,15H,4-10H2,1-3H3;7*1H4. The van der Waals surface area contributed by atoms with Crippen LogP contribution in [0.25, 0.3) is 0 Å². The lowest BCUT2D eigenvalue weighted by Gasteiger charge is -2.31. The molecule has 262 valence electrons. The van der Waals surface area contributed by atoms with Crippen LogP contribution in [0, 0.1) is 34.5 Å². The third-order valence-corrected chi connectivity index (χ3v) is 7.03. The molecule has 2 aliphatic carbocycles. The highest BCUT2D eigenvalue weighted by Gasteiger charge is 2.30. The molecule has 2 aliphatic rings. The summed E-state index contributed by atoms with van der Waals surface area (Å²) in [5.74, 6) is 1.59. The lowest BCUT2D eigenvalue weighted by atomic mass is 9.74. The van der Waals surface area contributed by atoms with Gasteiger partial charge in [0.1, 0.15) is 13.2 Å². The Morgan fingerprint density at radius 1 is 0.571 bits per heavy atom. The first-order chi connectivity index (χ1) is 16.3. The first-order valence-electron chi connectivity index (χ1n) is 13.8. The van der Waals surface area contributed by atoms with E-state index in [0.717, 1.165) is 50.4 Å². The van der Waals surface area contributed by atoms with Crippen LogP contribution in [0.1, 0.15) is 158 Å². The largest absolute Gasteiger partial charge is 0.463 e. The van der Waals surface area contributed by atoms with Crippen LogP contribution in [0.5, 0.6) is 0 Å². The number of carbonyl (C=O) groups excluding carboxylic acids is 2. The van der Waals surface area contributed by atoms with Crippen molar-refractivity contribution in [1.82, 2.24) is 0 Å². The molecule has 6 heteroatoms. The summed E-state index contributed by atoms with van der Waals surface area (Å²) in [6.07, 6.45) is 11.0. The number of carbonyl (C=O) groups is 2. The number of hydrogen-bond donors (Lipinski definition) is 1. The molecule has 0 aromatic heterocycles. The summed E-state index contributed by atoms with van der Waals surface area (Å²) >= 11 is 0. The fourth-order valence-corrected chi connectivity index (χ4v) is 5.54. The summed E-state index contributed by atoms with van der Waals surface area (Å²) in [5, 5.41) is 8.61. The van der Waals surface area contributed by atoms with E-state index in [1.807, 2.05) is 0 Å². The summed E-state index contributed by atoms with van der Waals surface area (Å²) in [6.45, 7) is 14.6. The van der Waals surface area contributed by atoms with E-state index in [1.54, 1.807) is 7.11 Å². The van der Waals surface area contributed by atoms with Crippen molar-refractivity contribution in [3.8, 4) is 0 Å². The monoisotopic (exact) mass is 611 g/mol. The maximum atomic E-state index is 11.8. The molecule has 1 N–H and O–H groups in total. The van der Waals surface area contributed by atoms with Gasteiger partial charge in [0.05, 0.1) is 25.0 Å². The van der Waals surface area contributed by atoms with E-state index in [0.29, 0.717) is 24.0 Å². The Bertz CT molecular complexity index is 589. The molecule has 42 heavy (non-hydrogen) atoms. The van der Waals surface area contributed by atoms with E-state index in [2.05, 4.69) is 41.5 Å². The molecule has 0 aromatic rings. The van der Waals surface area contributed by atoms with Gasteiger partial charge in [0.15, 0.2) is 0 Å². The van der Waals surface area contributed by atoms with Gasteiger partial charge in [-0.2, -0.15) is 0 Å². The van der Waals surface area contributed by atoms with Crippen molar-refractivity contribution in [2.75, 3.05) is 33.5 Å². The van der Waals surface area contributed by atoms with E-state index in [4.69, 9.17) is 19.3 Å². The fraction of sp³-hybridized carbons (Fsp3) is 0.944. The van der Waals surface area contributed by atoms with Gasteiger partial charge in [0, 0.05) is 7.11 Å². The zero-order valence-corrected chi connectivity index (χ0v) is 23.7. The molecular formula is C36H82O6. The number of aliphatic hydroxyl groups is 1. The molecule has 0 atom stereocenters. The molecule has 0 saturated heterocycles. The minimum absolute atomic E-state index is 0. The third kappa shape index (κ3) is 26.5. The molecule has 0 unspecified atom stereocenters. The smallest absolute Gasteiger partial charge is 0.309 e. The predicted octanol–water partition coefficient (Wildman–Crippen LogP) is 10.6. The van der Waals surface area contributed by atoms with Crippen LogP contribution in [-0.2, 0) is 23.8 Å². The van der Waals surface area contributed by atoms with Crippen LogP contribution in [0.2, 0.25) is 0 Å². The summed E-state index contributed by atoms with van der Waals surface area (Å²) < 4.78 is 15.0. The summed E-state index contributed by atoms with van der Waals surface area (Å²) in [4.78, 5) is 23.4. The molecule has 2 saturated carbocycles. The molecule has 0 aliphatic heterocycles. The molecule has 6 nitrogen and oxygen atoms in total. The molecule has 0 radical (unpaired) electrons. The maximum absolute atomic E-state index is 11.8. The van der Waals surface area contributed by atoms with Crippen LogP contribution < -0.4 is 0 Å². The van der Waals surface area contributed by atoms with Crippen molar-refractivity contribution in [2.24, 2.45) is 34.5 Å². The Kier molecular flexibility index (Phi) is 38.6. The molecule has 0 aromatic carbocycles. The second-order valence-electron chi connectivity index (χ2n) is 13.0. The third-order valence-electron chi connectivity index (χ3n) is 7.03. The minimum Gasteiger partial charge on any atom is -0.463 e. The molecule has 0 heterocycles. The second-order valence-corrected chi connectivity index (χ2v) is 13.0.